The van der Waals surface area contributed by atoms with Crippen molar-refractivity contribution in [3.63, 3.8) is 0 Å². The lowest BCUT2D eigenvalue weighted by atomic mass is 10.0. The summed E-state index contributed by atoms with van der Waals surface area (Å²) in [6, 6.07) is 5.58. The maximum absolute atomic E-state index is 13.9. The fourth-order valence-corrected chi connectivity index (χ4v) is 3.56. The van der Waals surface area contributed by atoms with Gasteiger partial charge in [0.25, 0.3) is 11.8 Å². The maximum atomic E-state index is 13.9. The molecular weight excluding hydrogens is 396 g/mol. The number of benzene rings is 1. The van der Waals surface area contributed by atoms with E-state index >= 15 is 0 Å². The lowest BCUT2D eigenvalue weighted by molar-refractivity contribution is -0.121. The summed E-state index contributed by atoms with van der Waals surface area (Å²) in [6.07, 6.45) is 1.14. The number of anilines is 1. The summed E-state index contributed by atoms with van der Waals surface area (Å²) in [4.78, 5) is 27.0. The van der Waals surface area contributed by atoms with Crippen molar-refractivity contribution in [1.29, 1.82) is 0 Å². The van der Waals surface area contributed by atoms with Gasteiger partial charge in [0, 0.05) is 25.7 Å². The van der Waals surface area contributed by atoms with Crippen LogP contribution in [0.15, 0.2) is 34.9 Å². The summed E-state index contributed by atoms with van der Waals surface area (Å²) >= 11 is 0. The van der Waals surface area contributed by atoms with E-state index in [1.165, 1.54) is 6.07 Å². The van der Waals surface area contributed by atoms with E-state index in [0.717, 1.165) is 23.9 Å². The Kier molecular flexibility index (Phi) is 5.06. The first-order chi connectivity index (χ1) is 14.3. The van der Waals surface area contributed by atoms with Crippen molar-refractivity contribution < 1.29 is 22.9 Å². The minimum atomic E-state index is -0.820. The van der Waals surface area contributed by atoms with Gasteiger partial charge in [-0.1, -0.05) is 11.2 Å². The topological polar surface area (TPSA) is 93.3 Å². The molecule has 1 aromatic carbocycles. The van der Waals surface area contributed by atoms with Crippen molar-refractivity contribution >= 4 is 17.6 Å². The minimum Gasteiger partial charge on any atom is -0.350 e. The average molecular weight is 415 g/mol. The highest BCUT2D eigenvalue weighted by atomic mass is 19.1. The van der Waals surface area contributed by atoms with Crippen LogP contribution in [0.2, 0.25) is 0 Å². The smallest absolute Gasteiger partial charge is 0.290 e. The second kappa shape index (κ2) is 7.69. The van der Waals surface area contributed by atoms with Gasteiger partial charge in [0.2, 0.25) is 5.76 Å². The molecule has 2 aromatic heterocycles. The summed E-state index contributed by atoms with van der Waals surface area (Å²) in [5.41, 5.74) is 0.255. The molecule has 2 amide bonds. The molecule has 0 radical (unpaired) electrons. The van der Waals surface area contributed by atoms with E-state index in [0.29, 0.717) is 25.2 Å². The lowest BCUT2D eigenvalue weighted by Gasteiger charge is -2.32. The van der Waals surface area contributed by atoms with E-state index in [2.05, 4.69) is 15.6 Å². The van der Waals surface area contributed by atoms with Crippen LogP contribution < -0.4 is 10.2 Å². The molecule has 0 spiro atoms. The number of hydrogen-bond acceptors (Lipinski definition) is 5. The number of nitrogens with zero attached hydrogens (tertiary/aromatic N) is 4. The van der Waals surface area contributed by atoms with E-state index in [9.17, 15) is 18.4 Å². The van der Waals surface area contributed by atoms with Crippen molar-refractivity contribution in [3.8, 4) is 11.3 Å². The molecule has 1 atom stereocenters. The fourth-order valence-electron chi connectivity index (χ4n) is 3.56. The molecule has 1 saturated heterocycles. The van der Waals surface area contributed by atoms with Gasteiger partial charge in [0.05, 0.1) is 11.3 Å². The molecule has 156 valence electrons. The van der Waals surface area contributed by atoms with Crippen LogP contribution >= 0.6 is 0 Å². The molecule has 1 unspecified atom stereocenters. The summed E-state index contributed by atoms with van der Waals surface area (Å²) in [5.74, 6) is -2.19. The summed E-state index contributed by atoms with van der Waals surface area (Å²) in [7, 11) is 1.75. The third kappa shape index (κ3) is 3.56. The van der Waals surface area contributed by atoms with Gasteiger partial charge in [-0.15, -0.1) is 0 Å². The number of aryl methyl sites for hydroxylation is 2. The molecule has 3 heterocycles. The Morgan fingerprint density at radius 3 is 2.67 bits per heavy atom. The molecule has 4 rings (SSSR count). The Hall–Kier alpha value is -3.56. The van der Waals surface area contributed by atoms with Gasteiger partial charge in [-0.3, -0.25) is 19.2 Å². The van der Waals surface area contributed by atoms with Crippen LogP contribution in [0.4, 0.5) is 14.6 Å². The van der Waals surface area contributed by atoms with Gasteiger partial charge >= 0.3 is 0 Å². The standard InChI is InChI=1S/C20H19F2N5O3/c1-11-9-17(26(2)24-11)27-8-4-7-14(20(27)29)23-19(28)16-10-15(25-30-16)18-12(21)5-3-6-13(18)22/h3,5-6,9-10,14H,4,7-8H2,1-2H3,(H,23,28). The third-order valence-corrected chi connectivity index (χ3v) is 4.95. The molecule has 30 heavy (non-hydrogen) atoms. The van der Waals surface area contributed by atoms with E-state index in [-0.39, 0.29) is 22.9 Å². The van der Waals surface area contributed by atoms with Crippen molar-refractivity contribution in [1.82, 2.24) is 20.3 Å². The van der Waals surface area contributed by atoms with Gasteiger partial charge in [0.1, 0.15) is 29.2 Å². The van der Waals surface area contributed by atoms with Crippen LogP contribution in [0.3, 0.4) is 0 Å². The summed E-state index contributed by atoms with van der Waals surface area (Å²) in [6.45, 7) is 2.35. The lowest BCUT2D eigenvalue weighted by Crippen LogP contribution is -2.52. The maximum Gasteiger partial charge on any atom is 0.290 e. The number of nitrogens with one attached hydrogen (secondary N) is 1. The number of aromatic nitrogens is 3. The first-order valence-corrected chi connectivity index (χ1v) is 9.39. The normalized spacial score (nSPS) is 16.7. The molecule has 0 bridgehead atoms. The van der Waals surface area contributed by atoms with Crippen LogP contribution in [0, 0.1) is 18.6 Å². The Labute approximate surface area is 170 Å². The molecule has 1 aliphatic heterocycles. The minimum absolute atomic E-state index is 0.141. The number of piperidine rings is 1. The van der Waals surface area contributed by atoms with E-state index in [1.54, 1.807) is 22.7 Å². The Balaban J connectivity index is 1.51. The number of amides is 2. The molecule has 1 aliphatic rings. The van der Waals surface area contributed by atoms with Crippen LogP contribution in [-0.2, 0) is 11.8 Å². The molecular formula is C20H19F2N5O3. The first kappa shape index (κ1) is 19.7. The molecule has 1 N–H and O–H groups in total. The van der Waals surface area contributed by atoms with Crippen LogP contribution in [0.25, 0.3) is 11.3 Å². The predicted octanol–water partition coefficient (Wildman–Crippen LogP) is 2.59. The number of carbonyl (C=O) groups is 2. The molecule has 0 saturated carbocycles. The largest absolute Gasteiger partial charge is 0.350 e. The molecule has 0 aliphatic carbocycles. The van der Waals surface area contributed by atoms with Crippen molar-refractivity contribution in [2.75, 3.05) is 11.4 Å². The predicted molar refractivity (Wildman–Crippen MR) is 103 cm³/mol. The summed E-state index contributed by atoms with van der Waals surface area (Å²) in [5, 5.41) is 10.5. The number of carbonyl (C=O) groups excluding carboxylic acids is 2. The monoisotopic (exact) mass is 415 g/mol. The van der Waals surface area contributed by atoms with E-state index in [1.807, 2.05) is 6.92 Å². The van der Waals surface area contributed by atoms with Gasteiger partial charge in [-0.2, -0.15) is 5.10 Å². The van der Waals surface area contributed by atoms with Crippen LogP contribution in [0.1, 0.15) is 29.1 Å². The molecule has 8 nitrogen and oxygen atoms in total. The number of halogens is 2. The highest BCUT2D eigenvalue weighted by Crippen LogP contribution is 2.26. The van der Waals surface area contributed by atoms with E-state index < -0.39 is 23.6 Å². The van der Waals surface area contributed by atoms with Gasteiger partial charge in [0.15, 0.2) is 0 Å². The highest BCUT2D eigenvalue weighted by Gasteiger charge is 2.33. The third-order valence-electron chi connectivity index (χ3n) is 4.95. The zero-order valence-corrected chi connectivity index (χ0v) is 16.4. The van der Waals surface area contributed by atoms with Crippen molar-refractivity contribution in [3.05, 3.63) is 53.4 Å². The van der Waals surface area contributed by atoms with E-state index in [4.69, 9.17) is 4.52 Å². The van der Waals surface area contributed by atoms with Gasteiger partial charge in [-0.05, 0) is 31.9 Å². The van der Waals surface area contributed by atoms with Crippen LogP contribution in [0.5, 0.6) is 0 Å². The second-order valence-corrected chi connectivity index (χ2v) is 7.10. The Morgan fingerprint density at radius 1 is 1.27 bits per heavy atom. The molecule has 10 heteroatoms. The molecule has 3 aromatic rings. The Bertz CT molecular complexity index is 1100. The first-order valence-electron chi connectivity index (χ1n) is 9.39. The Morgan fingerprint density at radius 2 is 2.00 bits per heavy atom. The van der Waals surface area contributed by atoms with Gasteiger partial charge in [-0.25, -0.2) is 8.78 Å². The van der Waals surface area contributed by atoms with Crippen molar-refractivity contribution in [2.24, 2.45) is 7.05 Å². The summed E-state index contributed by atoms with van der Waals surface area (Å²) < 4.78 is 34.4. The average Bonchev–Trinajstić information content (AvgIpc) is 3.30. The van der Waals surface area contributed by atoms with Crippen LogP contribution in [-0.4, -0.2) is 39.3 Å². The zero-order valence-electron chi connectivity index (χ0n) is 16.4. The zero-order chi connectivity index (χ0) is 21.4. The quantitative estimate of drug-likeness (QED) is 0.707. The van der Waals surface area contributed by atoms with Gasteiger partial charge < -0.3 is 9.84 Å². The highest BCUT2D eigenvalue weighted by molar-refractivity contribution is 6.01. The SMILES string of the molecule is Cc1cc(N2CCCC(NC(=O)c3cc(-c4c(F)cccc4F)no3)C2=O)n(C)n1. The fraction of sp³-hybridized carbons (Fsp3) is 0.300. The van der Waals surface area contributed by atoms with Crippen molar-refractivity contribution in [2.45, 2.75) is 25.8 Å². The number of hydrogen-bond donors (Lipinski definition) is 1. The number of rotatable bonds is 4. The molecule has 1 fully saturated rings. The second-order valence-electron chi connectivity index (χ2n) is 7.10.